The van der Waals surface area contributed by atoms with Crippen LogP contribution in [0.15, 0.2) is 72.8 Å². The monoisotopic (exact) mass is 388 g/mol. The zero-order valence-corrected chi connectivity index (χ0v) is 15.7. The van der Waals surface area contributed by atoms with Crippen LogP contribution in [0.4, 0.5) is 5.69 Å². The van der Waals surface area contributed by atoms with Gasteiger partial charge in [0.15, 0.2) is 0 Å². The number of nitrogens with zero attached hydrogens (tertiary/aromatic N) is 1. The summed E-state index contributed by atoms with van der Waals surface area (Å²) in [5.74, 6) is 0.522. The molecule has 6 nitrogen and oxygen atoms in total. The summed E-state index contributed by atoms with van der Waals surface area (Å²) in [6, 6.07) is 21.0. The number of rotatable bonds is 5. The van der Waals surface area contributed by atoms with Gasteiger partial charge in [-0.2, -0.15) is 0 Å². The maximum atomic E-state index is 12.9. The van der Waals surface area contributed by atoms with Crippen LogP contribution >= 0.6 is 0 Å². The fourth-order valence-electron chi connectivity index (χ4n) is 3.54. The molecule has 1 N–H and O–H groups in total. The van der Waals surface area contributed by atoms with Crippen molar-refractivity contribution in [2.24, 2.45) is 0 Å². The third-order valence-corrected chi connectivity index (χ3v) is 4.99. The lowest BCUT2D eigenvalue weighted by Crippen LogP contribution is -2.29. The van der Waals surface area contributed by atoms with Crippen LogP contribution in [0.2, 0.25) is 0 Å². The first-order chi connectivity index (χ1) is 14.1. The van der Waals surface area contributed by atoms with Crippen LogP contribution in [0, 0.1) is 10.1 Å². The Morgan fingerprint density at radius 1 is 1.00 bits per heavy atom. The van der Waals surface area contributed by atoms with E-state index in [9.17, 15) is 14.9 Å². The predicted octanol–water partition coefficient (Wildman–Crippen LogP) is 4.44. The minimum absolute atomic E-state index is 0.111. The van der Waals surface area contributed by atoms with Gasteiger partial charge in [0.25, 0.3) is 11.6 Å². The molecule has 146 valence electrons. The number of nitrogens with one attached hydrogen (secondary N) is 1. The van der Waals surface area contributed by atoms with E-state index in [1.165, 1.54) is 18.2 Å². The highest BCUT2D eigenvalue weighted by atomic mass is 16.6. The van der Waals surface area contributed by atoms with Crippen LogP contribution in [0.3, 0.4) is 0 Å². The molecular weight excluding hydrogens is 368 g/mol. The second-order valence-corrected chi connectivity index (χ2v) is 6.94. The lowest BCUT2D eigenvalue weighted by Gasteiger charge is -2.23. The largest absolute Gasteiger partial charge is 0.493 e. The Labute approximate surface area is 168 Å². The number of carbonyl (C=O) groups excluding carboxylic acids is 1. The van der Waals surface area contributed by atoms with Gasteiger partial charge in [0.05, 0.1) is 17.6 Å². The first kappa shape index (κ1) is 18.7. The summed E-state index contributed by atoms with van der Waals surface area (Å²) >= 11 is 0. The van der Waals surface area contributed by atoms with Gasteiger partial charge in [-0.15, -0.1) is 0 Å². The lowest BCUT2D eigenvalue weighted by atomic mass is 9.94. The maximum absolute atomic E-state index is 12.9. The minimum Gasteiger partial charge on any atom is -0.493 e. The summed E-state index contributed by atoms with van der Waals surface area (Å²) in [5, 5.41) is 14.1. The minimum atomic E-state index is -0.505. The van der Waals surface area contributed by atoms with Gasteiger partial charge in [0.1, 0.15) is 5.75 Å². The summed E-state index contributed by atoms with van der Waals surface area (Å²) in [4.78, 5) is 23.4. The number of carbonyl (C=O) groups is 1. The number of nitro groups is 1. The topological polar surface area (TPSA) is 81.5 Å². The Hall–Kier alpha value is -3.67. The van der Waals surface area contributed by atoms with Gasteiger partial charge in [-0.3, -0.25) is 14.9 Å². The summed E-state index contributed by atoms with van der Waals surface area (Å²) in [7, 11) is 0. The number of aryl methyl sites for hydroxylation is 1. The number of ether oxygens (including phenoxy) is 1. The van der Waals surface area contributed by atoms with Crippen molar-refractivity contribution in [3.05, 3.63) is 105 Å². The molecule has 0 radical (unpaired) electrons. The van der Waals surface area contributed by atoms with Crippen molar-refractivity contribution in [3.8, 4) is 5.75 Å². The zero-order chi connectivity index (χ0) is 20.2. The molecule has 0 saturated carbocycles. The standard InChI is InChI=1S/C23H20N2O4/c26-23(19-8-4-10-20(15-19)25(27)28)24-22(16-6-2-1-3-7-16)18-11-12-21-17(14-18)9-5-13-29-21/h1-4,6-8,10-12,14-15,22H,5,9,13H2,(H,24,26)/t22-/m1/s1. The highest BCUT2D eigenvalue weighted by molar-refractivity contribution is 5.95. The van der Waals surface area contributed by atoms with E-state index in [4.69, 9.17) is 4.74 Å². The summed E-state index contributed by atoms with van der Waals surface area (Å²) < 4.78 is 5.70. The first-order valence-corrected chi connectivity index (χ1v) is 9.48. The van der Waals surface area contributed by atoms with E-state index in [0.29, 0.717) is 0 Å². The van der Waals surface area contributed by atoms with Crippen LogP contribution < -0.4 is 10.1 Å². The van der Waals surface area contributed by atoms with Gasteiger partial charge >= 0.3 is 0 Å². The van der Waals surface area contributed by atoms with Crippen molar-refractivity contribution >= 4 is 11.6 Å². The third-order valence-electron chi connectivity index (χ3n) is 4.99. The van der Waals surface area contributed by atoms with E-state index in [1.807, 2.05) is 42.5 Å². The first-order valence-electron chi connectivity index (χ1n) is 9.48. The predicted molar refractivity (Wildman–Crippen MR) is 109 cm³/mol. The molecule has 3 aromatic carbocycles. The number of hydrogen-bond donors (Lipinski definition) is 1. The summed E-state index contributed by atoms with van der Waals surface area (Å²) in [6.45, 7) is 0.720. The van der Waals surface area contributed by atoms with Crippen LogP contribution in [0.25, 0.3) is 0 Å². The molecule has 0 bridgehead atoms. The Morgan fingerprint density at radius 3 is 2.62 bits per heavy atom. The molecule has 1 aliphatic heterocycles. The molecule has 0 fully saturated rings. The molecule has 0 aromatic heterocycles. The van der Waals surface area contributed by atoms with E-state index in [0.717, 1.165) is 41.9 Å². The second kappa shape index (κ2) is 8.14. The summed E-state index contributed by atoms with van der Waals surface area (Å²) in [5.41, 5.74) is 3.14. The van der Waals surface area contributed by atoms with E-state index < -0.39 is 4.92 Å². The van der Waals surface area contributed by atoms with Gasteiger partial charge in [-0.05, 0) is 47.7 Å². The SMILES string of the molecule is O=C(N[C@H](c1ccccc1)c1ccc2c(c1)CCCO2)c1cccc([N+](=O)[O-])c1. The van der Waals surface area contributed by atoms with Crippen molar-refractivity contribution in [2.75, 3.05) is 6.61 Å². The number of amides is 1. The highest BCUT2D eigenvalue weighted by Gasteiger charge is 2.21. The van der Waals surface area contributed by atoms with Gasteiger partial charge in [0, 0.05) is 17.7 Å². The van der Waals surface area contributed by atoms with Crippen molar-refractivity contribution in [2.45, 2.75) is 18.9 Å². The molecular formula is C23H20N2O4. The molecule has 1 amide bonds. The van der Waals surface area contributed by atoms with Crippen molar-refractivity contribution in [3.63, 3.8) is 0 Å². The molecule has 6 heteroatoms. The third kappa shape index (κ3) is 4.11. The van der Waals surface area contributed by atoms with Crippen molar-refractivity contribution in [1.29, 1.82) is 0 Å². The molecule has 1 atom stereocenters. The average molecular weight is 388 g/mol. The Morgan fingerprint density at radius 2 is 1.83 bits per heavy atom. The van der Waals surface area contributed by atoms with Gasteiger partial charge < -0.3 is 10.1 Å². The molecule has 1 aliphatic rings. The van der Waals surface area contributed by atoms with E-state index >= 15 is 0 Å². The number of fused-ring (bicyclic) bond motifs is 1. The zero-order valence-electron chi connectivity index (χ0n) is 15.7. The van der Waals surface area contributed by atoms with Crippen molar-refractivity contribution < 1.29 is 14.5 Å². The van der Waals surface area contributed by atoms with Crippen LogP contribution in [0.5, 0.6) is 5.75 Å². The van der Waals surface area contributed by atoms with Crippen molar-refractivity contribution in [1.82, 2.24) is 5.32 Å². The lowest BCUT2D eigenvalue weighted by molar-refractivity contribution is -0.384. The number of non-ortho nitro benzene ring substituents is 1. The van der Waals surface area contributed by atoms with Crippen LogP contribution in [0.1, 0.15) is 39.5 Å². The molecule has 0 unspecified atom stereocenters. The number of nitro benzene ring substituents is 1. The number of benzene rings is 3. The van der Waals surface area contributed by atoms with Crippen LogP contribution in [-0.4, -0.2) is 17.4 Å². The molecule has 0 aliphatic carbocycles. The molecule has 3 aromatic rings. The average Bonchev–Trinajstić information content (AvgIpc) is 2.77. The second-order valence-electron chi connectivity index (χ2n) is 6.94. The normalized spacial score (nSPS) is 13.7. The fraction of sp³-hybridized carbons (Fsp3) is 0.174. The van der Waals surface area contributed by atoms with E-state index in [2.05, 4.69) is 11.4 Å². The molecule has 0 spiro atoms. The van der Waals surface area contributed by atoms with Crippen LogP contribution in [-0.2, 0) is 6.42 Å². The Bertz CT molecular complexity index is 1050. The Kier molecular flexibility index (Phi) is 5.24. The highest BCUT2D eigenvalue weighted by Crippen LogP contribution is 2.30. The van der Waals surface area contributed by atoms with E-state index in [-0.39, 0.29) is 23.2 Å². The van der Waals surface area contributed by atoms with Gasteiger partial charge in [0.2, 0.25) is 0 Å². The van der Waals surface area contributed by atoms with Gasteiger partial charge in [-0.25, -0.2) is 0 Å². The smallest absolute Gasteiger partial charge is 0.270 e. The molecule has 1 heterocycles. The van der Waals surface area contributed by atoms with E-state index in [1.54, 1.807) is 6.07 Å². The van der Waals surface area contributed by atoms with Gasteiger partial charge in [-0.1, -0.05) is 42.5 Å². The molecule has 0 saturated heterocycles. The fourth-order valence-corrected chi connectivity index (χ4v) is 3.54. The quantitative estimate of drug-likeness (QED) is 0.517. The molecule has 29 heavy (non-hydrogen) atoms. The Balaban J connectivity index is 1.68. The molecule has 4 rings (SSSR count). The maximum Gasteiger partial charge on any atom is 0.270 e. The summed E-state index contributed by atoms with van der Waals surface area (Å²) in [6.07, 6.45) is 1.90. The number of hydrogen-bond acceptors (Lipinski definition) is 4.